The fraction of sp³-hybridized carbons (Fsp3) is 0.111. The Hall–Kier alpha value is -1.95. The summed E-state index contributed by atoms with van der Waals surface area (Å²) in [6, 6.07) is 0. The summed E-state index contributed by atoms with van der Waals surface area (Å²) >= 11 is 5.75. The highest BCUT2D eigenvalue weighted by Crippen LogP contribution is 2.18. The largest absolute Gasteiger partial charge is 0.275 e. The van der Waals surface area contributed by atoms with Crippen molar-refractivity contribution >= 4 is 17.2 Å². The molecule has 0 fully saturated rings. The van der Waals surface area contributed by atoms with Crippen molar-refractivity contribution in [2.45, 2.75) is 0 Å². The van der Waals surface area contributed by atoms with Crippen LogP contribution in [0.2, 0.25) is 5.28 Å². The maximum Gasteiger partial charge on any atom is 0.241 e. The predicted octanol–water partition coefficient (Wildman–Crippen LogP) is 1.18. The maximum atomic E-state index is 5.75. The summed E-state index contributed by atoms with van der Waals surface area (Å²) in [6.45, 7) is 0. The van der Waals surface area contributed by atoms with E-state index in [1.807, 2.05) is 13.2 Å². The Bertz CT molecular complexity index is 655. The minimum Gasteiger partial charge on any atom is -0.275 e. The minimum atomic E-state index is 0.190. The van der Waals surface area contributed by atoms with Crippen LogP contribution in [0, 0.1) is 0 Å². The molecule has 0 saturated carbocycles. The molecular weight excluding hydrogens is 228 g/mol. The first kappa shape index (κ1) is 9.29. The lowest BCUT2D eigenvalue weighted by Crippen LogP contribution is -1.95. The minimum absolute atomic E-state index is 0.190. The highest BCUT2D eigenvalue weighted by Gasteiger charge is 2.09. The molecule has 3 aromatic rings. The second kappa shape index (κ2) is 3.28. The van der Waals surface area contributed by atoms with Crippen molar-refractivity contribution < 1.29 is 0 Å². The van der Waals surface area contributed by atoms with Crippen LogP contribution >= 0.6 is 11.6 Å². The van der Waals surface area contributed by atoms with Gasteiger partial charge in [-0.15, -0.1) is 5.10 Å². The van der Waals surface area contributed by atoms with Crippen LogP contribution in [0.4, 0.5) is 0 Å². The Labute approximate surface area is 95.5 Å². The smallest absolute Gasteiger partial charge is 0.241 e. The Morgan fingerprint density at radius 2 is 2.06 bits per heavy atom. The van der Waals surface area contributed by atoms with Crippen LogP contribution in [-0.4, -0.2) is 29.4 Å². The van der Waals surface area contributed by atoms with Crippen LogP contribution in [0.1, 0.15) is 0 Å². The summed E-state index contributed by atoms with van der Waals surface area (Å²) in [5.74, 6) is 0. The van der Waals surface area contributed by atoms with Gasteiger partial charge in [-0.05, 0) is 11.6 Å². The van der Waals surface area contributed by atoms with Crippen molar-refractivity contribution in [3.05, 3.63) is 30.1 Å². The van der Waals surface area contributed by atoms with Gasteiger partial charge in [-0.2, -0.15) is 5.10 Å². The fourth-order valence-corrected chi connectivity index (χ4v) is 1.65. The first-order valence-electron chi connectivity index (χ1n) is 4.59. The number of hydrogen-bond acceptors (Lipinski definition) is 4. The molecule has 0 spiro atoms. The Balaban J connectivity index is 2.27. The molecule has 0 amide bonds. The van der Waals surface area contributed by atoms with E-state index in [2.05, 4.69) is 20.2 Å². The van der Waals surface area contributed by atoms with Crippen LogP contribution in [0.25, 0.3) is 16.9 Å². The van der Waals surface area contributed by atoms with E-state index >= 15 is 0 Å². The van der Waals surface area contributed by atoms with Gasteiger partial charge in [-0.1, -0.05) is 0 Å². The molecule has 0 saturated heterocycles. The molecule has 6 nitrogen and oxygen atoms in total. The maximum absolute atomic E-state index is 5.75. The van der Waals surface area contributed by atoms with Gasteiger partial charge in [0.1, 0.15) is 0 Å². The summed E-state index contributed by atoms with van der Waals surface area (Å²) < 4.78 is 3.36. The molecule has 16 heavy (non-hydrogen) atoms. The first-order valence-corrected chi connectivity index (χ1v) is 4.97. The second-order valence-corrected chi connectivity index (χ2v) is 3.68. The van der Waals surface area contributed by atoms with E-state index in [4.69, 9.17) is 11.6 Å². The standard InChI is InChI=1S/C9H7ClN6/c1-15-5-6(2-13-15)7-3-11-8-4-12-9(10)14-16(7)8/h2-5H,1H3. The molecule has 0 unspecified atom stereocenters. The van der Waals surface area contributed by atoms with Crippen molar-refractivity contribution in [3.63, 3.8) is 0 Å². The topological polar surface area (TPSA) is 60.9 Å². The van der Waals surface area contributed by atoms with Crippen LogP contribution < -0.4 is 0 Å². The summed E-state index contributed by atoms with van der Waals surface area (Å²) in [5, 5.41) is 8.38. The average molecular weight is 235 g/mol. The number of hydrogen-bond donors (Lipinski definition) is 0. The molecule has 3 heterocycles. The average Bonchev–Trinajstić information content (AvgIpc) is 2.83. The summed E-state index contributed by atoms with van der Waals surface area (Å²) in [5.41, 5.74) is 2.43. The molecule has 3 rings (SSSR count). The van der Waals surface area contributed by atoms with Crippen molar-refractivity contribution in [2.24, 2.45) is 7.05 Å². The molecule has 7 heteroatoms. The van der Waals surface area contributed by atoms with E-state index < -0.39 is 0 Å². The second-order valence-electron chi connectivity index (χ2n) is 3.34. The van der Waals surface area contributed by atoms with Gasteiger partial charge in [-0.25, -0.2) is 14.5 Å². The Morgan fingerprint density at radius 1 is 1.19 bits per heavy atom. The van der Waals surface area contributed by atoms with Crippen molar-refractivity contribution in [2.75, 3.05) is 0 Å². The van der Waals surface area contributed by atoms with Gasteiger partial charge in [0.2, 0.25) is 5.28 Å². The van der Waals surface area contributed by atoms with Gasteiger partial charge < -0.3 is 0 Å². The van der Waals surface area contributed by atoms with E-state index in [1.165, 1.54) is 0 Å². The van der Waals surface area contributed by atoms with Crippen molar-refractivity contribution in [1.29, 1.82) is 0 Å². The monoisotopic (exact) mass is 234 g/mol. The highest BCUT2D eigenvalue weighted by atomic mass is 35.5. The number of halogens is 1. The number of imidazole rings is 1. The lowest BCUT2D eigenvalue weighted by atomic mass is 10.3. The van der Waals surface area contributed by atoms with E-state index in [0.29, 0.717) is 5.65 Å². The summed E-state index contributed by atoms with van der Waals surface area (Å²) in [6.07, 6.45) is 6.94. The van der Waals surface area contributed by atoms with E-state index in [9.17, 15) is 0 Å². The van der Waals surface area contributed by atoms with E-state index in [1.54, 1.807) is 27.8 Å². The molecule has 0 bridgehead atoms. The number of aromatic nitrogens is 6. The molecule has 3 aromatic heterocycles. The van der Waals surface area contributed by atoms with E-state index in [0.717, 1.165) is 11.3 Å². The van der Waals surface area contributed by atoms with Crippen LogP contribution in [0.5, 0.6) is 0 Å². The first-order chi connectivity index (χ1) is 7.74. The van der Waals surface area contributed by atoms with Crippen molar-refractivity contribution in [1.82, 2.24) is 29.4 Å². The molecule has 0 aromatic carbocycles. The number of fused-ring (bicyclic) bond motifs is 1. The Kier molecular flexibility index (Phi) is 1.90. The lowest BCUT2D eigenvalue weighted by molar-refractivity contribution is 0.768. The van der Waals surface area contributed by atoms with Gasteiger partial charge in [0, 0.05) is 18.8 Å². The molecule has 0 aliphatic carbocycles. The van der Waals surface area contributed by atoms with Crippen molar-refractivity contribution in [3.8, 4) is 11.3 Å². The van der Waals surface area contributed by atoms with Crippen LogP contribution in [-0.2, 0) is 7.05 Å². The molecule has 0 aliphatic heterocycles. The Morgan fingerprint density at radius 3 is 2.81 bits per heavy atom. The molecule has 0 N–H and O–H groups in total. The number of rotatable bonds is 1. The third-order valence-corrected chi connectivity index (χ3v) is 2.41. The molecule has 0 atom stereocenters. The van der Waals surface area contributed by atoms with Gasteiger partial charge in [0.05, 0.1) is 24.3 Å². The molecule has 0 aliphatic rings. The van der Waals surface area contributed by atoms with Gasteiger partial charge >= 0.3 is 0 Å². The van der Waals surface area contributed by atoms with Gasteiger partial charge in [0.25, 0.3) is 0 Å². The zero-order chi connectivity index (χ0) is 11.1. The third kappa shape index (κ3) is 1.35. The fourth-order valence-electron chi connectivity index (χ4n) is 1.52. The van der Waals surface area contributed by atoms with Crippen LogP contribution in [0.15, 0.2) is 24.8 Å². The predicted molar refractivity (Wildman–Crippen MR) is 58.0 cm³/mol. The SMILES string of the molecule is Cn1cc(-c2cnc3cnc(Cl)nn23)cn1. The third-order valence-electron chi connectivity index (χ3n) is 2.23. The zero-order valence-corrected chi connectivity index (χ0v) is 9.13. The summed E-state index contributed by atoms with van der Waals surface area (Å²) in [4.78, 5) is 8.06. The highest BCUT2D eigenvalue weighted by molar-refractivity contribution is 6.28. The normalized spacial score (nSPS) is 11.1. The van der Waals surface area contributed by atoms with Crippen LogP contribution in [0.3, 0.4) is 0 Å². The van der Waals surface area contributed by atoms with Gasteiger partial charge in [0.15, 0.2) is 5.65 Å². The molecule has 80 valence electrons. The molecular formula is C9H7ClN6. The van der Waals surface area contributed by atoms with E-state index in [-0.39, 0.29) is 5.28 Å². The molecule has 0 radical (unpaired) electrons. The number of nitrogens with zero attached hydrogens (tertiary/aromatic N) is 6. The lowest BCUT2D eigenvalue weighted by Gasteiger charge is -1.96. The number of aryl methyl sites for hydroxylation is 1. The van der Waals surface area contributed by atoms with Gasteiger partial charge in [-0.3, -0.25) is 4.68 Å². The quantitative estimate of drug-likeness (QED) is 0.634. The zero-order valence-electron chi connectivity index (χ0n) is 8.37. The summed E-state index contributed by atoms with van der Waals surface area (Å²) in [7, 11) is 1.86.